The van der Waals surface area contributed by atoms with Crippen LogP contribution in [-0.2, 0) is 13.2 Å². The lowest BCUT2D eigenvalue weighted by molar-refractivity contribution is 0.284. The molecule has 4 heteroatoms. The lowest BCUT2D eigenvalue weighted by Crippen LogP contribution is -2.29. The van der Waals surface area contributed by atoms with Crippen LogP contribution in [0.5, 0.6) is 11.5 Å². The van der Waals surface area contributed by atoms with Gasteiger partial charge >= 0.3 is 0 Å². The normalized spacial score (nSPS) is 15.7. The van der Waals surface area contributed by atoms with Crippen LogP contribution in [-0.4, -0.2) is 13.2 Å². The molecular weight excluding hydrogens is 370 g/mol. The van der Waals surface area contributed by atoms with Crippen molar-refractivity contribution in [3.63, 3.8) is 0 Å². The molecule has 0 aromatic heterocycles. The molecule has 152 valence electrons. The van der Waals surface area contributed by atoms with Crippen molar-refractivity contribution < 1.29 is 9.47 Å². The average Bonchev–Trinajstić information content (AvgIpc) is 2.67. The Morgan fingerprint density at radius 3 is 2.32 bits per heavy atom. The predicted molar refractivity (Wildman–Crippen MR) is 116 cm³/mol. The number of aryl methyl sites for hydroxylation is 1. The summed E-state index contributed by atoms with van der Waals surface area (Å²) in [5.41, 5.74) is 3.42. The molecule has 0 spiro atoms. The molecule has 1 N–H and O–H groups in total. The number of hydrogen-bond donors (Lipinski definition) is 1. The van der Waals surface area contributed by atoms with Crippen molar-refractivity contribution in [2.75, 3.05) is 7.11 Å². The molecule has 0 aliphatic heterocycles. The second-order valence-corrected chi connectivity index (χ2v) is 8.20. The van der Waals surface area contributed by atoms with E-state index in [1.165, 1.54) is 50.5 Å². The molecule has 2 aromatic rings. The van der Waals surface area contributed by atoms with Crippen molar-refractivity contribution in [2.24, 2.45) is 0 Å². The van der Waals surface area contributed by atoms with E-state index in [0.717, 1.165) is 28.4 Å². The number of rotatable bonds is 7. The summed E-state index contributed by atoms with van der Waals surface area (Å²) in [6, 6.07) is 12.8. The first-order chi connectivity index (χ1) is 13.7. The minimum absolute atomic E-state index is 0.493. The monoisotopic (exact) mass is 401 g/mol. The molecule has 28 heavy (non-hydrogen) atoms. The van der Waals surface area contributed by atoms with Crippen LogP contribution in [0.3, 0.4) is 0 Å². The number of halogens is 1. The van der Waals surface area contributed by atoms with E-state index in [9.17, 15) is 0 Å². The highest BCUT2D eigenvalue weighted by molar-refractivity contribution is 6.31. The van der Waals surface area contributed by atoms with E-state index in [2.05, 4.69) is 36.5 Å². The summed E-state index contributed by atoms with van der Waals surface area (Å²) in [7, 11) is 1.67. The Kier molecular flexibility index (Phi) is 8.05. The number of benzene rings is 2. The molecule has 1 aliphatic carbocycles. The summed E-state index contributed by atoms with van der Waals surface area (Å²) < 4.78 is 11.6. The first-order valence-electron chi connectivity index (χ1n) is 10.4. The van der Waals surface area contributed by atoms with Crippen molar-refractivity contribution in [3.8, 4) is 11.5 Å². The topological polar surface area (TPSA) is 30.5 Å². The Morgan fingerprint density at radius 2 is 1.64 bits per heavy atom. The minimum atomic E-state index is 0.493. The molecule has 0 heterocycles. The first kappa shape index (κ1) is 21.0. The number of nitrogens with one attached hydrogen (secondary N) is 1. The van der Waals surface area contributed by atoms with Gasteiger partial charge in [-0.1, -0.05) is 73.5 Å². The van der Waals surface area contributed by atoms with Gasteiger partial charge in [0.2, 0.25) is 0 Å². The van der Waals surface area contributed by atoms with Crippen molar-refractivity contribution in [3.05, 3.63) is 58.1 Å². The molecular formula is C24H32ClNO2. The fourth-order valence-electron chi connectivity index (χ4n) is 3.74. The van der Waals surface area contributed by atoms with Gasteiger partial charge in [-0.25, -0.2) is 0 Å². The summed E-state index contributed by atoms with van der Waals surface area (Å²) in [6.07, 6.45) is 9.26. The van der Waals surface area contributed by atoms with Gasteiger partial charge in [-0.15, -0.1) is 0 Å². The van der Waals surface area contributed by atoms with Gasteiger partial charge in [0.15, 0.2) is 11.5 Å². The van der Waals surface area contributed by atoms with E-state index in [-0.39, 0.29) is 0 Å². The Hall–Kier alpha value is -1.71. The quantitative estimate of drug-likeness (QED) is 0.579. The summed E-state index contributed by atoms with van der Waals surface area (Å²) in [5, 5.41) is 4.42. The van der Waals surface area contributed by atoms with Crippen LogP contribution < -0.4 is 14.8 Å². The maximum Gasteiger partial charge on any atom is 0.163 e. The predicted octanol–water partition coefficient (Wildman–Crippen LogP) is 6.44. The smallest absolute Gasteiger partial charge is 0.163 e. The van der Waals surface area contributed by atoms with E-state index in [0.29, 0.717) is 18.4 Å². The molecule has 2 aromatic carbocycles. The molecule has 1 saturated carbocycles. The lowest BCUT2D eigenvalue weighted by atomic mass is 9.96. The van der Waals surface area contributed by atoms with Crippen LogP contribution in [0.1, 0.15) is 61.6 Å². The van der Waals surface area contributed by atoms with Gasteiger partial charge in [-0.2, -0.15) is 0 Å². The summed E-state index contributed by atoms with van der Waals surface area (Å²) in [6.45, 7) is 3.33. The van der Waals surface area contributed by atoms with E-state index in [4.69, 9.17) is 21.1 Å². The van der Waals surface area contributed by atoms with Gasteiger partial charge in [0.05, 0.1) is 7.11 Å². The van der Waals surface area contributed by atoms with Crippen molar-refractivity contribution >= 4 is 11.6 Å². The second kappa shape index (κ2) is 10.7. The standard InChI is InChI=1S/C24H32ClNO2/c1-18-10-12-19(13-11-18)17-28-24-15-22(25)20(14-23(24)27-2)16-26-21-8-6-4-3-5-7-9-21/h10-15,21,26H,3-9,16-17H2,1-2H3. The van der Waals surface area contributed by atoms with Crippen molar-refractivity contribution in [1.82, 2.24) is 5.32 Å². The highest BCUT2D eigenvalue weighted by Gasteiger charge is 2.14. The lowest BCUT2D eigenvalue weighted by Gasteiger charge is -2.22. The molecule has 0 atom stereocenters. The fraction of sp³-hybridized carbons (Fsp3) is 0.500. The van der Waals surface area contributed by atoms with Crippen molar-refractivity contribution in [1.29, 1.82) is 0 Å². The Balaban J connectivity index is 1.62. The zero-order chi connectivity index (χ0) is 19.8. The zero-order valence-corrected chi connectivity index (χ0v) is 17.9. The van der Waals surface area contributed by atoms with Gasteiger partial charge in [0, 0.05) is 23.7 Å². The van der Waals surface area contributed by atoms with Gasteiger partial charge in [0.25, 0.3) is 0 Å². The van der Waals surface area contributed by atoms with E-state index < -0.39 is 0 Å². The maximum atomic E-state index is 6.56. The van der Waals surface area contributed by atoms with Gasteiger partial charge in [-0.3, -0.25) is 0 Å². The fourth-order valence-corrected chi connectivity index (χ4v) is 3.97. The summed E-state index contributed by atoms with van der Waals surface area (Å²) in [5.74, 6) is 1.41. The molecule has 1 fully saturated rings. The van der Waals surface area contributed by atoms with Crippen LogP contribution in [0.2, 0.25) is 5.02 Å². The van der Waals surface area contributed by atoms with E-state index in [1.807, 2.05) is 12.1 Å². The highest BCUT2D eigenvalue weighted by Crippen LogP contribution is 2.34. The number of hydrogen-bond acceptors (Lipinski definition) is 3. The Bertz CT molecular complexity index is 737. The first-order valence-corrected chi connectivity index (χ1v) is 10.8. The molecule has 0 bridgehead atoms. The second-order valence-electron chi connectivity index (χ2n) is 7.79. The van der Waals surface area contributed by atoms with Crippen LogP contribution in [0.15, 0.2) is 36.4 Å². The maximum absolute atomic E-state index is 6.56. The average molecular weight is 402 g/mol. The minimum Gasteiger partial charge on any atom is -0.493 e. The molecule has 0 radical (unpaired) electrons. The number of ether oxygens (including phenoxy) is 2. The van der Waals surface area contributed by atoms with Crippen LogP contribution >= 0.6 is 11.6 Å². The Morgan fingerprint density at radius 1 is 0.964 bits per heavy atom. The Labute approximate surface area is 174 Å². The van der Waals surface area contributed by atoms with Crippen LogP contribution in [0, 0.1) is 6.92 Å². The molecule has 1 aliphatic rings. The highest BCUT2D eigenvalue weighted by atomic mass is 35.5. The third-order valence-corrected chi connectivity index (χ3v) is 5.89. The van der Waals surface area contributed by atoms with E-state index in [1.54, 1.807) is 7.11 Å². The number of methoxy groups -OCH3 is 1. The molecule has 3 rings (SSSR count). The summed E-state index contributed by atoms with van der Waals surface area (Å²) in [4.78, 5) is 0. The molecule has 0 saturated heterocycles. The van der Waals surface area contributed by atoms with Gasteiger partial charge in [-0.05, 0) is 37.0 Å². The van der Waals surface area contributed by atoms with Gasteiger partial charge < -0.3 is 14.8 Å². The molecule has 0 unspecified atom stereocenters. The largest absolute Gasteiger partial charge is 0.493 e. The van der Waals surface area contributed by atoms with E-state index >= 15 is 0 Å². The van der Waals surface area contributed by atoms with Gasteiger partial charge in [0.1, 0.15) is 6.61 Å². The van der Waals surface area contributed by atoms with Crippen molar-refractivity contribution in [2.45, 2.75) is 71.1 Å². The van der Waals surface area contributed by atoms with Crippen LogP contribution in [0.4, 0.5) is 0 Å². The van der Waals surface area contributed by atoms with Crippen LogP contribution in [0.25, 0.3) is 0 Å². The third-order valence-electron chi connectivity index (χ3n) is 5.53. The summed E-state index contributed by atoms with van der Waals surface area (Å²) >= 11 is 6.56. The SMILES string of the molecule is COc1cc(CNC2CCCCCCC2)c(Cl)cc1OCc1ccc(C)cc1. The third kappa shape index (κ3) is 6.15. The zero-order valence-electron chi connectivity index (χ0n) is 17.1. The molecule has 3 nitrogen and oxygen atoms in total. The molecule has 0 amide bonds.